The van der Waals surface area contributed by atoms with E-state index < -0.39 is 0 Å². The van der Waals surface area contributed by atoms with Crippen molar-refractivity contribution in [3.63, 3.8) is 0 Å². The van der Waals surface area contributed by atoms with E-state index in [0.29, 0.717) is 6.61 Å². The SMILES string of the molecule is CCNc1cc2n(n1)CCOC2. The van der Waals surface area contributed by atoms with E-state index in [1.807, 2.05) is 10.7 Å². The summed E-state index contributed by atoms with van der Waals surface area (Å²) in [6.07, 6.45) is 0. The number of hydrogen-bond acceptors (Lipinski definition) is 3. The van der Waals surface area contributed by atoms with Gasteiger partial charge >= 0.3 is 0 Å². The minimum Gasteiger partial charge on any atom is -0.373 e. The van der Waals surface area contributed by atoms with Crippen LogP contribution >= 0.6 is 0 Å². The van der Waals surface area contributed by atoms with Crippen LogP contribution in [0.25, 0.3) is 0 Å². The Bertz CT molecular complexity index is 246. The lowest BCUT2D eigenvalue weighted by Crippen LogP contribution is -2.16. The van der Waals surface area contributed by atoms with Crippen LogP contribution in [0, 0.1) is 0 Å². The maximum atomic E-state index is 5.30. The van der Waals surface area contributed by atoms with Crippen LogP contribution in [0.1, 0.15) is 12.6 Å². The number of ether oxygens (including phenoxy) is 1. The molecule has 1 aromatic rings. The Morgan fingerprint density at radius 3 is 3.42 bits per heavy atom. The Morgan fingerprint density at radius 2 is 2.67 bits per heavy atom. The average Bonchev–Trinajstić information content (AvgIpc) is 2.47. The molecule has 4 heteroatoms. The van der Waals surface area contributed by atoms with Gasteiger partial charge in [-0.3, -0.25) is 4.68 Å². The Labute approximate surface area is 71.5 Å². The highest BCUT2D eigenvalue weighted by molar-refractivity contribution is 5.35. The Balaban J connectivity index is 2.20. The van der Waals surface area contributed by atoms with Crippen LogP contribution in [0.4, 0.5) is 5.82 Å². The molecule has 1 aliphatic heterocycles. The van der Waals surface area contributed by atoms with E-state index in [-0.39, 0.29) is 0 Å². The number of anilines is 1. The first-order valence-electron chi connectivity index (χ1n) is 4.28. The third-order valence-electron chi connectivity index (χ3n) is 1.92. The van der Waals surface area contributed by atoms with Gasteiger partial charge in [0.1, 0.15) is 5.82 Å². The molecule has 1 aliphatic rings. The Morgan fingerprint density at radius 1 is 1.75 bits per heavy atom. The van der Waals surface area contributed by atoms with Crippen LogP contribution in [0.2, 0.25) is 0 Å². The normalized spacial score (nSPS) is 15.8. The summed E-state index contributed by atoms with van der Waals surface area (Å²) in [5.41, 5.74) is 1.16. The molecule has 0 atom stereocenters. The molecule has 0 bridgehead atoms. The first-order chi connectivity index (χ1) is 5.90. The molecule has 2 rings (SSSR count). The molecule has 0 fully saturated rings. The zero-order chi connectivity index (χ0) is 8.39. The summed E-state index contributed by atoms with van der Waals surface area (Å²) < 4.78 is 7.30. The molecule has 0 amide bonds. The minimum absolute atomic E-state index is 0.693. The number of hydrogen-bond donors (Lipinski definition) is 1. The first kappa shape index (κ1) is 7.61. The molecular weight excluding hydrogens is 154 g/mol. The van der Waals surface area contributed by atoms with E-state index in [1.165, 1.54) is 0 Å². The van der Waals surface area contributed by atoms with Gasteiger partial charge in [0, 0.05) is 12.6 Å². The molecule has 0 saturated heterocycles. The molecule has 0 radical (unpaired) electrons. The number of nitrogens with one attached hydrogen (secondary N) is 1. The van der Waals surface area contributed by atoms with Crippen LogP contribution in [0.15, 0.2) is 6.07 Å². The summed E-state index contributed by atoms with van der Waals surface area (Å²) in [7, 11) is 0. The number of nitrogens with zero attached hydrogens (tertiary/aromatic N) is 2. The molecule has 1 aromatic heterocycles. The van der Waals surface area contributed by atoms with Crippen LogP contribution in [-0.2, 0) is 17.9 Å². The molecule has 4 nitrogen and oxygen atoms in total. The zero-order valence-corrected chi connectivity index (χ0v) is 7.21. The Hall–Kier alpha value is -1.03. The van der Waals surface area contributed by atoms with E-state index >= 15 is 0 Å². The van der Waals surface area contributed by atoms with Crippen molar-refractivity contribution in [3.8, 4) is 0 Å². The molecule has 66 valence electrons. The molecule has 0 aromatic carbocycles. The van der Waals surface area contributed by atoms with Crippen LogP contribution in [0.5, 0.6) is 0 Å². The molecule has 0 spiro atoms. The van der Waals surface area contributed by atoms with Gasteiger partial charge in [0.15, 0.2) is 0 Å². The molecule has 0 saturated carbocycles. The second-order valence-corrected chi connectivity index (χ2v) is 2.83. The van der Waals surface area contributed by atoms with E-state index in [2.05, 4.69) is 17.3 Å². The summed E-state index contributed by atoms with van der Waals surface area (Å²) in [4.78, 5) is 0. The third kappa shape index (κ3) is 1.30. The van der Waals surface area contributed by atoms with Gasteiger partial charge in [-0.1, -0.05) is 0 Å². The molecule has 12 heavy (non-hydrogen) atoms. The van der Waals surface area contributed by atoms with Crippen molar-refractivity contribution in [2.75, 3.05) is 18.5 Å². The highest BCUT2D eigenvalue weighted by Gasteiger charge is 2.11. The summed E-state index contributed by atoms with van der Waals surface area (Å²) in [5, 5.41) is 7.54. The smallest absolute Gasteiger partial charge is 0.148 e. The molecular formula is C8H13N3O. The van der Waals surface area contributed by atoms with Crippen molar-refractivity contribution in [1.82, 2.24) is 9.78 Å². The van der Waals surface area contributed by atoms with Gasteiger partial charge in [-0.2, -0.15) is 5.10 Å². The second kappa shape index (κ2) is 3.15. The van der Waals surface area contributed by atoms with Gasteiger partial charge < -0.3 is 10.1 Å². The first-order valence-corrected chi connectivity index (χ1v) is 4.28. The average molecular weight is 167 g/mol. The fraction of sp³-hybridized carbons (Fsp3) is 0.625. The summed E-state index contributed by atoms with van der Waals surface area (Å²) in [5.74, 6) is 0.956. The molecule has 0 aliphatic carbocycles. The van der Waals surface area contributed by atoms with E-state index in [9.17, 15) is 0 Å². The van der Waals surface area contributed by atoms with Crippen molar-refractivity contribution >= 4 is 5.82 Å². The van der Waals surface area contributed by atoms with Crippen molar-refractivity contribution in [1.29, 1.82) is 0 Å². The number of aromatic nitrogens is 2. The lowest BCUT2D eigenvalue weighted by Gasteiger charge is -2.12. The summed E-state index contributed by atoms with van der Waals surface area (Å²) >= 11 is 0. The van der Waals surface area contributed by atoms with Gasteiger partial charge in [-0.05, 0) is 6.92 Å². The van der Waals surface area contributed by atoms with E-state index in [1.54, 1.807) is 0 Å². The van der Waals surface area contributed by atoms with E-state index in [4.69, 9.17) is 4.74 Å². The largest absolute Gasteiger partial charge is 0.373 e. The molecule has 2 heterocycles. The van der Waals surface area contributed by atoms with Crippen molar-refractivity contribution in [2.24, 2.45) is 0 Å². The summed E-state index contributed by atoms with van der Waals surface area (Å²) in [6.45, 7) is 5.32. The van der Waals surface area contributed by atoms with Crippen LogP contribution in [0.3, 0.4) is 0 Å². The zero-order valence-electron chi connectivity index (χ0n) is 7.21. The van der Waals surface area contributed by atoms with Crippen molar-refractivity contribution in [3.05, 3.63) is 11.8 Å². The minimum atomic E-state index is 0.693. The standard InChI is InChI=1S/C8H13N3O/c1-2-9-8-5-7-6-12-4-3-11(7)10-8/h5H,2-4,6H2,1H3,(H,9,10). The van der Waals surface area contributed by atoms with Gasteiger partial charge in [-0.25, -0.2) is 0 Å². The van der Waals surface area contributed by atoms with Crippen molar-refractivity contribution < 1.29 is 4.74 Å². The summed E-state index contributed by atoms with van der Waals surface area (Å²) in [6, 6.07) is 2.04. The highest BCUT2D eigenvalue weighted by atomic mass is 16.5. The highest BCUT2D eigenvalue weighted by Crippen LogP contribution is 2.13. The van der Waals surface area contributed by atoms with Crippen LogP contribution in [-0.4, -0.2) is 22.9 Å². The third-order valence-corrected chi connectivity index (χ3v) is 1.92. The Kier molecular flexibility index (Phi) is 1.99. The predicted octanol–water partition coefficient (Wildman–Crippen LogP) is 0.845. The van der Waals surface area contributed by atoms with E-state index in [0.717, 1.165) is 31.2 Å². The lowest BCUT2D eigenvalue weighted by atomic mass is 10.4. The lowest BCUT2D eigenvalue weighted by molar-refractivity contribution is 0.0801. The van der Waals surface area contributed by atoms with Gasteiger partial charge in [0.25, 0.3) is 0 Å². The van der Waals surface area contributed by atoms with Gasteiger partial charge in [0.2, 0.25) is 0 Å². The monoisotopic (exact) mass is 167 g/mol. The van der Waals surface area contributed by atoms with Gasteiger partial charge in [-0.15, -0.1) is 0 Å². The molecule has 1 N–H and O–H groups in total. The quantitative estimate of drug-likeness (QED) is 0.709. The second-order valence-electron chi connectivity index (χ2n) is 2.83. The number of fused-ring (bicyclic) bond motifs is 1. The van der Waals surface area contributed by atoms with Gasteiger partial charge in [0.05, 0.1) is 25.5 Å². The fourth-order valence-corrected chi connectivity index (χ4v) is 1.36. The number of rotatable bonds is 2. The predicted molar refractivity (Wildman–Crippen MR) is 46.0 cm³/mol. The topological polar surface area (TPSA) is 39.1 Å². The molecule has 0 unspecified atom stereocenters. The van der Waals surface area contributed by atoms with Crippen molar-refractivity contribution in [2.45, 2.75) is 20.1 Å². The fourth-order valence-electron chi connectivity index (χ4n) is 1.36. The van der Waals surface area contributed by atoms with Crippen LogP contribution < -0.4 is 5.32 Å². The maximum absolute atomic E-state index is 5.30. The maximum Gasteiger partial charge on any atom is 0.148 e.